The average molecular weight is 646 g/mol. The minimum Gasteiger partial charge on any atom is -0.391 e. The SMILES string of the molecule is C=C(C)CO/N=C(/C[C@H]1O[C@@H]2O[C@@]3(C)CC[C@H]4[C@H](C)CC[C@@H]([C@H]1C)[C@@]24OO3)[C@H]1O[C@@H]2O[C@@]3(C)CC[C@H]4[C@H](C)CC[C@@H]([C@H]1C)[C@@]24OO3. The zero-order valence-corrected chi connectivity index (χ0v) is 28.8. The molecule has 10 rings (SSSR count). The highest BCUT2D eigenvalue weighted by Crippen LogP contribution is 2.63. The van der Waals surface area contributed by atoms with Gasteiger partial charge in [0.1, 0.15) is 12.7 Å². The van der Waals surface area contributed by atoms with Crippen molar-refractivity contribution in [2.75, 3.05) is 6.61 Å². The molecule has 4 bridgehead atoms. The maximum absolute atomic E-state index is 7.05. The van der Waals surface area contributed by atoms with Gasteiger partial charge in [0.2, 0.25) is 11.6 Å². The molecule has 8 aliphatic heterocycles. The normalized spacial score (nSPS) is 55.9. The summed E-state index contributed by atoms with van der Waals surface area (Å²) in [6, 6.07) is 0. The molecule has 46 heavy (non-hydrogen) atoms. The van der Waals surface area contributed by atoms with Gasteiger partial charge < -0.3 is 23.8 Å². The Bertz CT molecular complexity index is 1250. The van der Waals surface area contributed by atoms with Gasteiger partial charge in [-0.2, -0.15) is 0 Å². The molecule has 0 radical (unpaired) electrons. The van der Waals surface area contributed by atoms with Crippen molar-refractivity contribution < 1.29 is 43.3 Å². The van der Waals surface area contributed by atoms with Crippen molar-refractivity contribution in [1.82, 2.24) is 0 Å². The molecule has 0 aromatic heterocycles. The maximum atomic E-state index is 7.05. The minimum atomic E-state index is -0.839. The lowest BCUT2D eigenvalue weighted by Gasteiger charge is -2.61. The van der Waals surface area contributed by atoms with Gasteiger partial charge in [-0.15, -0.1) is 0 Å². The fourth-order valence-electron chi connectivity index (χ4n) is 11.1. The molecule has 16 atom stereocenters. The Hall–Kier alpha value is -1.11. The smallest absolute Gasteiger partial charge is 0.201 e. The van der Waals surface area contributed by atoms with Gasteiger partial charge in [-0.1, -0.05) is 39.4 Å². The summed E-state index contributed by atoms with van der Waals surface area (Å²) >= 11 is 0. The van der Waals surface area contributed by atoms with Gasteiger partial charge in [0, 0.05) is 31.1 Å². The van der Waals surface area contributed by atoms with Gasteiger partial charge in [0.25, 0.3) is 0 Å². The van der Waals surface area contributed by atoms with Crippen LogP contribution < -0.4 is 0 Å². The molecule has 10 nitrogen and oxygen atoms in total. The molecule has 0 amide bonds. The fourth-order valence-corrected chi connectivity index (χ4v) is 11.1. The molecule has 0 N–H and O–H groups in total. The standard InChI is InChI=1S/C36H55NO9/c1-19(2)18-38-37-28(30-23(6)27-12-10-21(4)25-14-16-34(8)42-32(40-30)36(25,27)46-44-34)17-29-22(5)26-11-9-20(3)24-13-15-33(7)41-31(39-29)35(24,26)45-43-33/h20-27,29-32H,1,9-18H2,2-8H3/b37-28-/t20-,21-,22-,23-,24+,25+,26+,27+,29-,30+,31-,32-,33-,34-,35-,36-/m1/s1. The van der Waals surface area contributed by atoms with Crippen molar-refractivity contribution in [2.45, 2.75) is 154 Å². The number of nitrogens with zero attached hydrogens (tertiary/aromatic N) is 1. The number of hydrogen-bond donors (Lipinski definition) is 0. The summed E-state index contributed by atoms with van der Waals surface area (Å²) < 4.78 is 27.4. The zero-order chi connectivity index (χ0) is 32.2. The first-order valence-electron chi connectivity index (χ1n) is 18.1. The predicted octanol–water partition coefficient (Wildman–Crippen LogP) is 6.83. The van der Waals surface area contributed by atoms with Crippen LogP contribution in [0.15, 0.2) is 17.3 Å². The largest absolute Gasteiger partial charge is 0.391 e. The van der Waals surface area contributed by atoms with E-state index in [9.17, 15) is 0 Å². The summed E-state index contributed by atoms with van der Waals surface area (Å²) in [6.07, 6.45) is 6.94. The van der Waals surface area contributed by atoms with Crippen LogP contribution in [-0.2, 0) is 43.3 Å². The maximum Gasteiger partial charge on any atom is 0.201 e. The third-order valence-corrected chi connectivity index (χ3v) is 13.7. The second kappa shape index (κ2) is 11.2. The predicted molar refractivity (Wildman–Crippen MR) is 166 cm³/mol. The van der Waals surface area contributed by atoms with Crippen LogP contribution in [0.3, 0.4) is 0 Å². The molecule has 258 valence electrons. The summed E-state index contributed by atoms with van der Waals surface area (Å²) in [7, 11) is 0. The number of ether oxygens (including phenoxy) is 4. The molecule has 2 saturated carbocycles. The molecule has 8 saturated heterocycles. The number of fused-ring (bicyclic) bond motifs is 4. The molecule has 8 heterocycles. The topological polar surface area (TPSA) is 95.4 Å². The van der Waals surface area contributed by atoms with E-state index in [4.69, 9.17) is 48.5 Å². The Balaban J connectivity index is 1.12. The van der Waals surface area contributed by atoms with Gasteiger partial charge >= 0.3 is 0 Å². The van der Waals surface area contributed by atoms with Crippen molar-refractivity contribution in [1.29, 1.82) is 0 Å². The molecule has 2 spiro atoms. The summed E-state index contributed by atoms with van der Waals surface area (Å²) in [4.78, 5) is 30.9. The average Bonchev–Trinajstić information content (AvgIpc) is 3.38. The van der Waals surface area contributed by atoms with Gasteiger partial charge in [-0.05, 0) is 100 Å². The van der Waals surface area contributed by atoms with E-state index in [1.54, 1.807) is 0 Å². The first-order valence-corrected chi connectivity index (χ1v) is 18.1. The lowest BCUT2D eigenvalue weighted by atomic mass is 9.56. The van der Waals surface area contributed by atoms with Crippen LogP contribution in [0.5, 0.6) is 0 Å². The molecule has 10 aliphatic rings. The van der Waals surface area contributed by atoms with Crippen LogP contribution in [0.4, 0.5) is 0 Å². The number of oxime groups is 1. The second-order valence-electron chi connectivity index (χ2n) is 16.8. The Labute approximate surface area is 274 Å². The van der Waals surface area contributed by atoms with Gasteiger partial charge in [0.05, 0.1) is 11.8 Å². The fraction of sp³-hybridized carbons (Fsp3) is 0.917. The molecular weight excluding hydrogens is 590 g/mol. The minimum absolute atomic E-state index is 0.0963. The molecule has 10 heteroatoms. The third kappa shape index (κ3) is 4.67. The Morgan fingerprint density at radius 1 is 0.717 bits per heavy atom. The highest BCUT2D eigenvalue weighted by molar-refractivity contribution is 5.89. The molecule has 0 aromatic carbocycles. The molecule has 0 unspecified atom stereocenters. The van der Waals surface area contributed by atoms with Crippen LogP contribution in [0, 0.1) is 47.3 Å². The van der Waals surface area contributed by atoms with Crippen LogP contribution >= 0.6 is 0 Å². The second-order valence-corrected chi connectivity index (χ2v) is 16.8. The van der Waals surface area contributed by atoms with E-state index in [-0.39, 0.29) is 35.9 Å². The van der Waals surface area contributed by atoms with Crippen LogP contribution in [0.25, 0.3) is 0 Å². The first-order chi connectivity index (χ1) is 21.9. The van der Waals surface area contributed by atoms with E-state index < -0.39 is 35.4 Å². The first kappa shape index (κ1) is 32.1. The van der Waals surface area contributed by atoms with Gasteiger partial charge in [0.15, 0.2) is 23.8 Å². The Kier molecular flexibility index (Phi) is 7.82. The molecule has 10 fully saturated rings. The van der Waals surface area contributed by atoms with E-state index in [1.165, 1.54) is 0 Å². The summed E-state index contributed by atoms with van der Waals surface area (Å²) in [5.74, 6) is 0.676. The van der Waals surface area contributed by atoms with Gasteiger partial charge in [-0.25, -0.2) is 19.6 Å². The molecule has 2 aliphatic carbocycles. The van der Waals surface area contributed by atoms with E-state index in [1.807, 2.05) is 20.8 Å². The van der Waals surface area contributed by atoms with Crippen molar-refractivity contribution in [3.63, 3.8) is 0 Å². The summed E-state index contributed by atoms with van der Waals surface area (Å²) in [5.41, 5.74) is 0.505. The van der Waals surface area contributed by atoms with Crippen molar-refractivity contribution >= 4 is 5.71 Å². The van der Waals surface area contributed by atoms with Gasteiger partial charge in [-0.3, -0.25) is 0 Å². The highest BCUT2D eigenvalue weighted by Gasteiger charge is 2.71. The lowest BCUT2D eigenvalue weighted by Crippen LogP contribution is -2.71. The van der Waals surface area contributed by atoms with E-state index in [0.29, 0.717) is 36.7 Å². The van der Waals surface area contributed by atoms with E-state index >= 15 is 0 Å². The Morgan fingerprint density at radius 2 is 1.26 bits per heavy atom. The monoisotopic (exact) mass is 645 g/mol. The van der Waals surface area contributed by atoms with Crippen molar-refractivity contribution in [3.8, 4) is 0 Å². The summed E-state index contributed by atoms with van der Waals surface area (Å²) in [6.45, 7) is 19.5. The third-order valence-electron chi connectivity index (χ3n) is 13.7. The quantitative estimate of drug-likeness (QED) is 0.133. The summed E-state index contributed by atoms with van der Waals surface area (Å²) in [5, 5.41) is 4.83. The zero-order valence-electron chi connectivity index (χ0n) is 28.8. The van der Waals surface area contributed by atoms with E-state index in [0.717, 1.165) is 62.7 Å². The molecule has 0 aromatic rings. The van der Waals surface area contributed by atoms with Crippen LogP contribution in [0.2, 0.25) is 0 Å². The van der Waals surface area contributed by atoms with Crippen molar-refractivity contribution in [2.24, 2.45) is 52.5 Å². The highest BCUT2D eigenvalue weighted by atomic mass is 17.3. The van der Waals surface area contributed by atoms with Crippen LogP contribution in [0.1, 0.15) is 106 Å². The van der Waals surface area contributed by atoms with E-state index in [2.05, 4.69) is 34.3 Å². The van der Waals surface area contributed by atoms with Crippen LogP contribution in [-0.4, -0.2) is 59.9 Å². The Morgan fingerprint density at radius 3 is 1.83 bits per heavy atom. The number of hydrogen-bond acceptors (Lipinski definition) is 10. The molecular formula is C36H55NO9. The number of rotatable bonds is 6. The van der Waals surface area contributed by atoms with Crippen molar-refractivity contribution in [3.05, 3.63) is 12.2 Å². The lowest BCUT2D eigenvalue weighted by molar-refractivity contribution is -0.571.